The number of rotatable bonds is 47. The summed E-state index contributed by atoms with van der Waals surface area (Å²) in [4.78, 5) is 38.0. The third-order valence-electron chi connectivity index (χ3n) is 11.0. The molecule has 370 valence electrons. The third kappa shape index (κ3) is 51.2. The summed E-state index contributed by atoms with van der Waals surface area (Å²) >= 11 is 0. The minimum atomic E-state index is -0.811. The predicted molar refractivity (Wildman–Crippen MR) is 279 cm³/mol. The SMILES string of the molecule is CCCCC/C=C\C/C=C\C/C=C\C/C=C\CCCCCC(=O)OC[C@H](COC(=O)CCCC/C=C\C/C=C\C/C=C\CCCCC)OC(=O)CCCCCCC/C=C\CCCCCC. The molecule has 0 aliphatic rings. The van der Waals surface area contributed by atoms with Gasteiger partial charge in [-0.3, -0.25) is 14.4 Å². The fourth-order valence-electron chi connectivity index (χ4n) is 6.95. The van der Waals surface area contributed by atoms with E-state index in [1.54, 1.807) is 0 Å². The van der Waals surface area contributed by atoms with Crippen LogP contribution in [0.2, 0.25) is 0 Å². The van der Waals surface area contributed by atoms with E-state index in [9.17, 15) is 14.4 Å². The van der Waals surface area contributed by atoms with Crippen molar-refractivity contribution < 1.29 is 28.6 Å². The molecule has 0 aliphatic carbocycles. The molecule has 6 heteroatoms. The molecule has 0 aromatic rings. The van der Waals surface area contributed by atoms with Crippen LogP contribution in [0.1, 0.15) is 239 Å². The summed E-state index contributed by atoms with van der Waals surface area (Å²) < 4.78 is 16.7. The standard InChI is InChI=1S/C59H98O6/c1-4-7-10-13-16-19-22-25-27-28-29-30-32-35-37-40-43-46-49-52-58(61)64-55-56(65-59(62)53-50-47-44-41-38-33-24-21-18-15-12-9-6-3)54-63-57(60)51-48-45-42-39-36-34-31-26-23-20-17-14-11-8-5-2/h16-17,19-21,24-27,29-31,35-37,39,56H,4-15,18,22-23,28,32-34,38,40-55H2,1-3H3/b19-16-,20-17-,24-21-,27-25-,30-29-,31-26-,37-35-,39-36-/t56-/m0/s1. The summed E-state index contributed by atoms with van der Waals surface area (Å²) in [5.41, 5.74) is 0. The van der Waals surface area contributed by atoms with Crippen molar-refractivity contribution in [2.45, 2.75) is 245 Å². The van der Waals surface area contributed by atoms with Crippen LogP contribution in [0.15, 0.2) is 97.2 Å². The molecule has 0 heterocycles. The monoisotopic (exact) mass is 903 g/mol. The van der Waals surface area contributed by atoms with Crippen molar-refractivity contribution in [1.82, 2.24) is 0 Å². The zero-order chi connectivity index (χ0) is 47.2. The highest BCUT2D eigenvalue weighted by Gasteiger charge is 2.19. The number of carbonyl (C=O) groups is 3. The highest BCUT2D eigenvalue weighted by Crippen LogP contribution is 2.12. The minimum Gasteiger partial charge on any atom is -0.462 e. The number of hydrogen-bond donors (Lipinski definition) is 0. The maximum Gasteiger partial charge on any atom is 0.306 e. The molecule has 0 bridgehead atoms. The van der Waals surface area contributed by atoms with Gasteiger partial charge in [0.1, 0.15) is 13.2 Å². The van der Waals surface area contributed by atoms with E-state index in [-0.39, 0.29) is 31.1 Å². The molecule has 0 amide bonds. The van der Waals surface area contributed by atoms with E-state index in [0.717, 1.165) is 109 Å². The van der Waals surface area contributed by atoms with Crippen LogP contribution in [-0.4, -0.2) is 37.2 Å². The van der Waals surface area contributed by atoms with E-state index in [1.807, 2.05) is 0 Å². The Morgan fingerprint density at radius 2 is 0.554 bits per heavy atom. The largest absolute Gasteiger partial charge is 0.462 e. The van der Waals surface area contributed by atoms with Gasteiger partial charge < -0.3 is 14.2 Å². The molecule has 0 N–H and O–H groups in total. The van der Waals surface area contributed by atoms with Gasteiger partial charge >= 0.3 is 17.9 Å². The number of ether oxygens (including phenoxy) is 3. The van der Waals surface area contributed by atoms with E-state index in [2.05, 4.69) is 118 Å². The second kappa shape index (κ2) is 52.9. The molecule has 0 aromatic heterocycles. The Hall–Kier alpha value is -3.67. The number of unbranched alkanes of at least 4 members (excludes halogenated alkanes) is 20. The van der Waals surface area contributed by atoms with Crippen molar-refractivity contribution in [2.75, 3.05) is 13.2 Å². The average Bonchev–Trinajstić information content (AvgIpc) is 3.30. The van der Waals surface area contributed by atoms with Crippen molar-refractivity contribution in [2.24, 2.45) is 0 Å². The van der Waals surface area contributed by atoms with E-state index >= 15 is 0 Å². The first kappa shape index (κ1) is 61.3. The zero-order valence-corrected chi connectivity index (χ0v) is 42.2. The molecular formula is C59H98O6. The summed E-state index contributed by atoms with van der Waals surface area (Å²) in [5, 5.41) is 0. The fourth-order valence-corrected chi connectivity index (χ4v) is 6.95. The van der Waals surface area contributed by atoms with E-state index in [1.165, 1.54) is 89.9 Å². The van der Waals surface area contributed by atoms with Gasteiger partial charge in [-0.05, 0) is 128 Å². The molecule has 65 heavy (non-hydrogen) atoms. The van der Waals surface area contributed by atoms with Gasteiger partial charge in [0.05, 0.1) is 0 Å². The lowest BCUT2D eigenvalue weighted by Gasteiger charge is -2.18. The normalized spacial score (nSPS) is 12.8. The summed E-state index contributed by atoms with van der Waals surface area (Å²) in [6.45, 7) is 6.49. The van der Waals surface area contributed by atoms with Crippen LogP contribution < -0.4 is 0 Å². The van der Waals surface area contributed by atoms with E-state index in [4.69, 9.17) is 14.2 Å². The lowest BCUT2D eigenvalue weighted by atomic mass is 10.1. The third-order valence-corrected chi connectivity index (χ3v) is 11.0. The molecule has 0 aromatic carbocycles. The average molecular weight is 903 g/mol. The van der Waals surface area contributed by atoms with Crippen molar-refractivity contribution in [3.8, 4) is 0 Å². The minimum absolute atomic E-state index is 0.110. The van der Waals surface area contributed by atoms with Gasteiger partial charge in [-0.25, -0.2) is 0 Å². The maximum atomic E-state index is 12.8. The van der Waals surface area contributed by atoms with Crippen molar-refractivity contribution in [1.29, 1.82) is 0 Å². The Kier molecular flexibility index (Phi) is 50.0. The summed E-state index contributed by atoms with van der Waals surface area (Å²) in [6.07, 6.45) is 69.6. The number of hydrogen-bond acceptors (Lipinski definition) is 6. The first-order valence-electron chi connectivity index (χ1n) is 26.7. The van der Waals surface area contributed by atoms with Gasteiger partial charge in [-0.1, -0.05) is 189 Å². The second-order valence-corrected chi connectivity index (χ2v) is 17.4. The number of allylic oxidation sites excluding steroid dienone is 16. The molecule has 0 rings (SSSR count). The number of carbonyl (C=O) groups excluding carboxylic acids is 3. The van der Waals surface area contributed by atoms with Crippen molar-refractivity contribution in [3.05, 3.63) is 97.2 Å². The lowest BCUT2D eigenvalue weighted by molar-refractivity contribution is -0.167. The van der Waals surface area contributed by atoms with E-state index < -0.39 is 6.10 Å². The van der Waals surface area contributed by atoms with Crippen LogP contribution in [0.4, 0.5) is 0 Å². The zero-order valence-electron chi connectivity index (χ0n) is 42.2. The van der Waals surface area contributed by atoms with Gasteiger partial charge in [-0.15, -0.1) is 0 Å². The molecule has 0 saturated carbocycles. The van der Waals surface area contributed by atoms with Crippen LogP contribution in [0.25, 0.3) is 0 Å². The Morgan fingerprint density at radius 3 is 0.954 bits per heavy atom. The Balaban J connectivity index is 4.51. The summed E-state index contributed by atoms with van der Waals surface area (Å²) in [6, 6.07) is 0. The molecule has 0 unspecified atom stereocenters. The first-order valence-corrected chi connectivity index (χ1v) is 26.7. The fraction of sp³-hybridized carbons (Fsp3) is 0.678. The molecule has 1 atom stereocenters. The topological polar surface area (TPSA) is 78.9 Å². The Bertz CT molecular complexity index is 1310. The molecule has 0 aliphatic heterocycles. The molecule has 0 fully saturated rings. The molecular weight excluding hydrogens is 805 g/mol. The Morgan fingerprint density at radius 1 is 0.308 bits per heavy atom. The van der Waals surface area contributed by atoms with Gasteiger partial charge in [0.2, 0.25) is 0 Å². The molecule has 0 saturated heterocycles. The summed E-state index contributed by atoms with van der Waals surface area (Å²) in [5.74, 6) is -0.988. The Labute approximate surface area is 400 Å². The van der Waals surface area contributed by atoms with Gasteiger partial charge in [0.15, 0.2) is 6.10 Å². The van der Waals surface area contributed by atoms with Gasteiger partial charge in [0, 0.05) is 19.3 Å². The lowest BCUT2D eigenvalue weighted by Crippen LogP contribution is -2.30. The van der Waals surface area contributed by atoms with Crippen LogP contribution in [0.5, 0.6) is 0 Å². The quantitative estimate of drug-likeness (QED) is 0.0262. The highest BCUT2D eigenvalue weighted by molar-refractivity contribution is 5.71. The summed E-state index contributed by atoms with van der Waals surface area (Å²) in [7, 11) is 0. The molecule has 6 nitrogen and oxygen atoms in total. The van der Waals surface area contributed by atoms with Crippen LogP contribution in [0, 0.1) is 0 Å². The van der Waals surface area contributed by atoms with Crippen molar-refractivity contribution >= 4 is 17.9 Å². The van der Waals surface area contributed by atoms with Crippen LogP contribution >= 0.6 is 0 Å². The highest BCUT2D eigenvalue weighted by atomic mass is 16.6. The predicted octanol–water partition coefficient (Wildman–Crippen LogP) is 17.8. The smallest absolute Gasteiger partial charge is 0.306 e. The van der Waals surface area contributed by atoms with Crippen molar-refractivity contribution in [3.63, 3.8) is 0 Å². The maximum absolute atomic E-state index is 12.8. The molecule has 0 spiro atoms. The number of esters is 3. The van der Waals surface area contributed by atoms with Gasteiger partial charge in [-0.2, -0.15) is 0 Å². The van der Waals surface area contributed by atoms with Crippen LogP contribution in [0.3, 0.4) is 0 Å². The van der Waals surface area contributed by atoms with E-state index in [0.29, 0.717) is 19.3 Å². The second-order valence-electron chi connectivity index (χ2n) is 17.4. The van der Waals surface area contributed by atoms with Crippen LogP contribution in [-0.2, 0) is 28.6 Å². The molecule has 0 radical (unpaired) electrons. The van der Waals surface area contributed by atoms with Gasteiger partial charge in [0.25, 0.3) is 0 Å². The first-order chi connectivity index (χ1) is 32.0.